The van der Waals surface area contributed by atoms with E-state index in [1.54, 1.807) is 6.08 Å². The number of H-pyrrole nitrogens is 1. The smallest absolute Gasteiger partial charge is 0.361 e. The first-order valence-electron chi connectivity index (χ1n) is 7.36. The summed E-state index contributed by atoms with van der Waals surface area (Å²) in [6.45, 7) is 5.90. The first kappa shape index (κ1) is 14.9. The minimum atomic E-state index is -0.385. The summed E-state index contributed by atoms with van der Waals surface area (Å²) in [5, 5.41) is 2.02. The van der Waals surface area contributed by atoms with Gasteiger partial charge in [0, 0.05) is 5.22 Å². The largest absolute Gasteiger partial charge is 0.404 e. The lowest BCUT2D eigenvalue weighted by molar-refractivity contribution is 0.489. The third kappa shape index (κ3) is 3.40. The van der Waals surface area contributed by atoms with E-state index in [9.17, 15) is 4.79 Å². The molecule has 114 valence electrons. The van der Waals surface area contributed by atoms with Crippen LogP contribution in [0.1, 0.15) is 12.5 Å². The summed E-state index contributed by atoms with van der Waals surface area (Å²) in [7, 11) is 0. The molecule has 0 amide bonds. The van der Waals surface area contributed by atoms with Crippen LogP contribution in [0.3, 0.4) is 0 Å². The van der Waals surface area contributed by atoms with Gasteiger partial charge in [0.25, 0.3) is 0 Å². The second-order valence-corrected chi connectivity index (χ2v) is 5.36. The molecule has 0 bridgehead atoms. The number of allylic oxidation sites excluding steroid dienone is 1. The topological polar surface area (TPSA) is 46.0 Å². The van der Waals surface area contributed by atoms with Gasteiger partial charge < -0.3 is 9.40 Å². The molecule has 3 heteroatoms. The highest BCUT2D eigenvalue weighted by atomic mass is 16.4. The lowest BCUT2D eigenvalue weighted by Crippen LogP contribution is -2.20. The molecule has 0 aliphatic heterocycles. The van der Waals surface area contributed by atoms with Crippen molar-refractivity contribution in [3.63, 3.8) is 0 Å². The summed E-state index contributed by atoms with van der Waals surface area (Å²) in [6, 6.07) is 17.5. The minimum absolute atomic E-state index is 0.385. The van der Waals surface area contributed by atoms with Crippen LogP contribution in [-0.2, 0) is 0 Å². The average molecular weight is 303 g/mol. The Bertz CT molecular complexity index is 1100. The SMILES string of the molecule is C=c1ccccc1=c1[nH]/c(=C\C(C)=C\c2ccccc2)c(=O)o1. The maximum absolute atomic E-state index is 12.0. The van der Waals surface area contributed by atoms with E-state index in [4.69, 9.17) is 4.42 Å². The van der Waals surface area contributed by atoms with Gasteiger partial charge >= 0.3 is 5.63 Å². The molecule has 0 aliphatic carbocycles. The highest BCUT2D eigenvalue weighted by Crippen LogP contribution is 2.06. The van der Waals surface area contributed by atoms with Crippen LogP contribution in [0.5, 0.6) is 0 Å². The van der Waals surface area contributed by atoms with Gasteiger partial charge in [-0.25, -0.2) is 4.79 Å². The zero-order valence-corrected chi connectivity index (χ0v) is 12.9. The van der Waals surface area contributed by atoms with E-state index in [2.05, 4.69) is 11.6 Å². The molecule has 2 aromatic carbocycles. The predicted octanol–water partition coefficient (Wildman–Crippen LogP) is 2.55. The van der Waals surface area contributed by atoms with E-state index in [0.29, 0.717) is 10.9 Å². The summed E-state index contributed by atoms with van der Waals surface area (Å²) in [6.07, 6.45) is 3.79. The quantitative estimate of drug-likeness (QED) is 0.791. The molecule has 1 N–H and O–H groups in total. The van der Waals surface area contributed by atoms with Gasteiger partial charge in [-0.15, -0.1) is 0 Å². The number of hydrogen-bond donors (Lipinski definition) is 1. The summed E-state index contributed by atoms with van der Waals surface area (Å²) in [5.41, 5.74) is 2.09. The van der Waals surface area contributed by atoms with Crippen LogP contribution < -0.4 is 16.2 Å². The Hall–Kier alpha value is -3.07. The van der Waals surface area contributed by atoms with Gasteiger partial charge in [-0.2, -0.15) is 0 Å². The molecule has 3 nitrogen and oxygen atoms in total. The van der Waals surface area contributed by atoms with Crippen LogP contribution in [0.4, 0.5) is 0 Å². The fourth-order valence-electron chi connectivity index (χ4n) is 2.39. The first-order chi connectivity index (χ1) is 11.1. The fraction of sp³-hybridized carbons (Fsp3) is 0.0500. The maximum atomic E-state index is 12.0. The molecule has 0 saturated heterocycles. The Morgan fingerprint density at radius 3 is 2.52 bits per heavy atom. The number of aromatic nitrogens is 1. The fourth-order valence-corrected chi connectivity index (χ4v) is 2.39. The van der Waals surface area contributed by atoms with Crippen molar-refractivity contribution < 1.29 is 4.42 Å². The van der Waals surface area contributed by atoms with E-state index < -0.39 is 0 Å². The second-order valence-electron chi connectivity index (χ2n) is 5.36. The third-order valence-corrected chi connectivity index (χ3v) is 3.49. The summed E-state index contributed by atoms with van der Waals surface area (Å²) < 4.78 is 5.32. The summed E-state index contributed by atoms with van der Waals surface area (Å²) in [4.78, 5) is 15.1. The van der Waals surface area contributed by atoms with Crippen LogP contribution in [0.2, 0.25) is 0 Å². The maximum Gasteiger partial charge on any atom is 0.361 e. The molecule has 3 rings (SSSR count). The molecule has 0 fully saturated rings. The molecule has 0 unspecified atom stereocenters. The number of hydrogen-bond acceptors (Lipinski definition) is 2. The van der Waals surface area contributed by atoms with Crippen molar-refractivity contribution in [1.29, 1.82) is 0 Å². The van der Waals surface area contributed by atoms with Crippen LogP contribution in [0, 0.1) is 10.8 Å². The van der Waals surface area contributed by atoms with Gasteiger partial charge in [0.1, 0.15) is 5.35 Å². The lowest BCUT2D eigenvalue weighted by atomic mass is 10.1. The molecule has 1 heterocycles. The normalized spacial score (nSPS) is 14.1. The predicted molar refractivity (Wildman–Crippen MR) is 92.8 cm³/mol. The van der Waals surface area contributed by atoms with Crippen molar-refractivity contribution >= 4 is 18.7 Å². The molecule has 1 aromatic heterocycles. The van der Waals surface area contributed by atoms with E-state index >= 15 is 0 Å². The minimum Gasteiger partial charge on any atom is -0.404 e. The Morgan fingerprint density at radius 1 is 1.09 bits per heavy atom. The molecule has 0 spiro atoms. The van der Waals surface area contributed by atoms with Crippen molar-refractivity contribution in [2.24, 2.45) is 0 Å². The van der Waals surface area contributed by atoms with Gasteiger partial charge in [-0.3, -0.25) is 0 Å². The number of aromatic amines is 1. The molecule has 3 aromatic rings. The highest BCUT2D eigenvalue weighted by molar-refractivity contribution is 5.62. The van der Waals surface area contributed by atoms with Crippen molar-refractivity contribution in [3.05, 3.63) is 97.5 Å². The monoisotopic (exact) mass is 303 g/mol. The molecule has 0 atom stereocenters. The molecule has 0 saturated carbocycles. The highest BCUT2D eigenvalue weighted by Gasteiger charge is 1.97. The Labute approximate surface area is 133 Å². The van der Waals surface area contributed by atoms with Crippen LogP contribution in [0.15, 0.2) is 69.4 Å². The van der Waals surface area contributed by atoms with Gasteiger partial charge in [-0.1, -0.05) is 61.2 Å². The van der Waals surface area contributed by atoms with Gasteiger partial charge in [-0.05, 0) is 35.4 Å². The lowest BCUT2D eigenvalue weighted by Gasteiger charge is -1.93. The number of oxazole rings is 1. The van der Waals surface area contributed by atoms with E-state index in [0.717, 1.165) is 21.6 Å². The molecular weight excluding hydrogens is 286 g/mol. The van der Waals surface area contributed by atoms with Crippen molar-refractivity contribution in [2.75, 3.05) is 0 Å². The average Bonchev–Trinajstić information content (AvgIpc) is 2.89. The zero-order chi connectivity index (χ0) is 16.2. The van der Waals surface area contributed by atoms with Crippen molar-refractivity contribution in [3.8, 4) is 0 Å². The Morgan fingerprint density at radius 2 is 1.78 bits per heavy atom. The summed E-state index contributed by atoms with van der Waals surface area (Å²) >= 11 is 0. The first-order valence-corrected chi connectivity index (χ1v) is 7.36. The van der Waals surface area contributed by atoms with Crippen LogP contribution >= 0.6 is 0 Å². The number of rotatable bonds is 2. The molecule has 0 radical (unpaired) electrons. The van der Waals surface area contributed by atoms with Crippen molar-refractivity contribution in [1.82, 2.24) is 4.98 Å². The van der Waals surface area contributed by atoms with E-state index in [1.165, 1.54) is 0 Å². The zero-order valence-electron chi connectivity index (χ0n) is 12.9. The van der Waals surface area contributed by atoms with E-state index in [-0.39, 0.29) is 5.63 Å². The van der Waals surface area contributed by atoms with Gasteiger partial charge in [0.2, 0.25) is 5.55 Å². The Kier molecular flexibility index (Phi) is 4.11. The number of benzene rings is 2. The Balaban J connectivity index is 2.15. The van der Waals surface area contributed by atoms with E-state index in [1.807, 2.05) is 67.6 Å². The molecule has 0 aliphatic rings. The van der Waals surface area contributed by atoms with Gasteiger partial charge in [0.05, 0.1) is 0 Å². The number of nitrogens with one attached hydrogen (secondary N) is 1. The van der Waals surface area contributed by atoms with Gasteiger partial charge in [0.15, 0.2) is 0 Å². The summed E-state index contributed by atoms with van der Waals surface area (Å²) in [5.74, 6) is 0. The molecule has 23 heavy (non-hydrogen) atoms. The third-order valence-electron chi connectivity index (χ3n) is 3.49. The molecular formula is C20H17NO2. The van der Waals surface area contributed by atoms with Crippen molar-refractivity contribution in [2.45, 2.75) is 6.92 Å². The second kappa shape index (κ2) is 6.36. The van der Waals surface area contributed by atoms with Crippen LogP contribution in [0.25, 0.3) is 18.7 Å². The van der Waals surface area contributed by atoms with Crippen LogP contribution in [-0.4, -0.2) is 4.98 Å². The standard InChI is InChI=1S/C20H17NO2/c1-14(12-16-9-4-3-5-10-16)13-18-20(22)23-19(21-18)17-11-7-6-8-15(17)2/h3-13,21H,2H2,1H3/b14-12+,18-13-,19-17?.